The maximum Gasteiger partial charge on any atom is 0.260 e. The normalized spacial score (nSPS) is 12.9. The summed E-state index contributed by atoms with van der Waals surface area (Å²) < 4.78 is 11.8. The van der Waals surface area contributed by atoms with Gasteiger partial charge in [-0.1, -0.05) is 34.1 Å². The van der Waals surface area contributed by atoms with Crippen LogP contribution in [0.4, 0.5) is 5.69 Å². The quantitative estimate of drug-likeness (QED) is 0.634. The van der Waals surface area contributed by atoms with Crippen molar-refractivity contribution in [2.75, 3.05) is 25.6 Å². The van der Waals surface area contributed by atoms with Crippen molar-refractivity contribution in [3.05, 3.63) is 53.0 Å². The van der Waals surface area contributed by atoms with E-state index in [2.05, 4.69) is 21.2 Å². The van der Waals surface area contributed by atoms with Crippen LogP contribution in [-0.4, -0.2) is 43.0 Å². The van der Waals surface area contributed by atoms with Gasteiger partial charge in [-0.3, -0.25) is 9.59 Å². The molecule has 1 fully saturated rings. The number of benzene rings is 2. The number of hydrogen-bond donors (Lipinski definition) is 1. The van der Waals surface area contributed by atoms with Gasteiger partial charge in [0.05, 0.1) is 7.11 Å². The van der Waals surface area contributed by atoms with E-state index in [1.807, 2.05) is 36.4 Å². The predicted molar refractivity (Wildman–Crippen MR) is 111 cm³/mol. The summed E-state index contributed by atoms with van der Waals surface area (Å²) in [5, 5.41) is 2.85. The Labute approximate surface area is 172 Å². The highest BCUT2D eigenvalue weighted by Gasteiger charge is 2.32. The number of anilines is 1. The highest BCUT2D eigenvalue weighted by molar-refractivity contribution is 9.10. The SMILES string of the molecule is COc1ccccc1OCC(=O)N(CCC(=O)Nc1cccc(Br)c1)C1CC1. The van der Waals surface area contributed by atoms with Crippen LogP contribution in [0.2, 0.25) is 0 Å². The van der Waals surface area contributed by atoms with Crippen molar-refractivity contribution in [2.24, 2.45) is 0 Å². The highest BCUT2D eigenvalue weighted by atomic mass is 79.9. The Morgan fingerprint density at radius 2 is 1.89 bits per heavy atom. The Kier molecular flexibility index (Phi) is 6.92. The number of amides is 2. The van der Waals surface area contributed by atoms with Crippen molar-refractivity contribution in [3.8, 4) is 11.5 Å². The lowest BCUT2D eigenvalue weighted by Gasteiger charge is -2.22. The van der Waals surface area contributed by atoms with Crippen molar-refractivity contribution < 1.29 is 19.1 Å². The van der Waals surface area contributed by atoms with E-state index in [9.17, 15) is 9.59 Å². The van der Waals surface area contributed by atoms with E-state index < -0.39 is 0 Å². The number of halogens is 1. The second kappa shape index (κ2) is 9.59. The summed E-state index contributed by atoms with van der Waals surface area (Å²) in [7, 11) is 1.56. The molecule has 0 heterocycles. The van der Waals surface area contributed by atoms with Gasteiger partial charge in [-0.2, -0.15) is 0 Å². The summed E-state index contributed by atoms with van der Waals surface area (Å²) in [5.74, 6) is 0.869. The number of para-hydroxylation sites is 2. The largest absolute Gasteiger partial charge is 0.493 e. The fraction of sp³-hybridized carbons (Fsp3) is 0.333. The van der Waals surface area contributed by atoms with Crippen LogP contribution >= 0.6 is 15.9 Å². The number of rotatable bonds is 9. The lowest BCUT2D eigenvalue weighted by Crippen LogP contribution is -2.38. The van der Waals surface area contributed by atoms with Gasteiger partial charge in [-0.25, -0.2) is 0 Å². The standard InChI is InChI=1S/C21H23BrN2O4/c1-27-18-7-2-3-8-19(18)28-14-21(26)24(17-9-10-17)12-11-20(25)23-16-6-4-5-15(22)13-16/h2-8,13,17H,9-12,14H2,1H3,(H,23,25). The molecule has 148 valence electrons. The molecule has 0 aliphatic heterocycles. The number of nitrogens with zero attached hydrogens (tertiary/aromatic N) is 1. The van der Waals surface area contributed by atoms with Crippen molar-refractivity contribution in [1.82, 2.24) is 4.90 Å². The molecule has 0 aromatic heterocycles. The molecule has 1 aliphatic carbocycles. The average Bonchev–Trinajstić information content (AvgIpc) is 3.52. The van der Waals surface area contributed by atoms with Crippen LogP contribution in [-0.2, 0) is 9.59 Å². The number of carbonyl (C=O) groups excluding carboxylic acids is 2. The monoisotopic (exact) mass is 446 g/mol. The Morgan fingerprint density at radius 3 is 2.57 bits per heavy atom. The summed E-state index contributed by atoms with van der Waals surface area (Å²) in [5.41, 5.74) is 0.725. The third-order valence-corrected chi connectivity index (χ3v) is 4.91. The molecule has 2 aromatic rings. The maximum atomic E-state index is 12.6. The summed E-state index contributed by atoms with van der Waals surface area (Å²) >= 11 is 3.38. The molecule has 0 bridgehead atoms. The molecule has 28 heavy (non-hydrogen) atoms. The molecule has 2 aromatic carbocycles. The van der Waals surface area contributed by atoms with Gasteiger partial charge in [-0.15, -0.1) is 0 Å². The Balaban J connectivity index is 1.51. The summed E-state index contributed by atoms with van der Waals surface area (Å²) in [6.45, 7) is 0.294. The summed E-state index contributed by atoms with van der Waals surface area (Å²) in [6.07, 6.45) is 2.17. The third-order valence-electron chi connectivity index (χ3n) is 4.42. The van der Waals surface area contributed by atoms with Gasteiger partial charge < -0.3 is 19.7 Å². The zero-order chi connectivity index (χ0) is 19.9. The first-order chi connectivity index (χ1) is 13.6. The van der Waals surface area contributed by atoms with Gasteiger partial charge in [0, 0.05) is 29.2 Å². The van der Waals surface area contributed by atoms with Crippen molar-refractivity contribution in [3.63, 3.8) is 0 Å². The Bertz CT molecular complexity index is 839. The van der Waals surface area contributed by atoms with E-state index in [0.29, 0.717) is 18.0 Å². The van der Waals surface area contributed by atoms with Gasteiger partial charge in [-0.05, 0) is 43.2 Å². The lowest BCUT2D eigenvalue weighted by atomic mass is 10.3. The predicted octanol–water partition coefficient (Wildman–Crippen LogP) is 3.86. The lowest BCUT2D eigenvalue weighted by molar-refractivity contribution is -0.134. The smallest absolute Gasteiger partial charge is 0.260 e. The molecule has 7 heteroatoms. The van der Waals surface area contributed by atoms with Crippen LogP contribution < -0.4 is 14.8 Å². The maximum absolute atomic E-state index is 12.6. The number of methoxy groups -OCH3 is 1. The van der Waals surface area contributed by atoms with E-state index in [1.165, 1.54) is 0 Å². The molecule has 6 nitrogen and oxygen atoms in total. The van der Waals surface area contributed by atoms with Gasteiger partial charge in [0.25, 0.3) is 5.91 Å². The van der Waals surface area contributed by atoms with Crippen LogP contribution in [0.5, 0.6) is 11.5 Å². The van der Waals surface area contributed by atoms with E-state index in [4.69, 9.17) is 9.47 Å². The molecule has 0 spiro atoms. The first-order valence-corrected chi connectivity index (χ1v) is 9.97. The number of nitrogens with one attached hydrogen (secondary N) is 1. The first-order valence-electron chi connectivity index (χ1n) is 9.17. The fourth-order valence-corrected chi connectivity index (χ4v) is 3.27. The first kappa shape index (κ1) is 20.2. The average molecular weight is 447 g/mol. The Hall–Kier alpha value is -2.54. The molecular formula is C21H23BrN2O4. The van der Waals surface area contributed by atoms with Crippen LogP contribution in [0.25, 0.3) is 0 Å². The van der Waals surface area contributed by atoms with E-state index in [-0.39, 0.29) is 30.9 Å². The van der Waals surface area contributed by atoms with Crippen LogP contribution in [0.3, 0.4) is 0 Å². The number of ether oxygens (including phenoxy) is 2. The molecular weight excluding hydrogens is 424 g/mol. The van der Waals surface area contributed by atoms with Crippen LogP contribution in [0.1, 0.15) is 19.3 Å². The summed E-state index contributed by atoms with van der Waals surface area (Å²) in [6, 6.07) is 14.8. The number of hydrogen-bond acceptors (Lipinski definition) is 4. The zero-order valence-electron chi connectivity index (χ0n) is 15.7. The van der Waals surface area contributed by atoms with E-state index in [0.717, 1.165) is 23.0 Å². The molecule has 1 aliphatic rings. The van der Waals surface area contributed by atoms with Crippen molar-refractivity contribution in [2.45, 2.75) is 25.3 Å². The second-order valence-corrected chi connectivity index (χ2v) is 7.48. The highest BCUT2D eigenvalue weighted by Crippen LogP contribution is 2.29. The van der Waals surface area contributed by atoms with Crippen LogP contribution in [0.15, 0.2) is 53.0 Å². The zero-order valence-corrected chi connectivity index (χ0v) is 17.3. The van der Waals surface area contributed by atoms with Gasteiger partial charge in [0.15, 0.2) is 18.1 Å². The van der Waals surface area contributed by atoms with Gasteiger partial charge in [0.1, 0.15) is 0 Å². The van der Waals surface area contributed by atoms with Gasteiger partial charge in [0.2, 0.25) is 5.91 Å². The van der Waals surface area contributed by atoms with Crippen LogP contribution in [0, 0.1) is 0 Å². The minimum Gasteiger partial charge on any atom is -0.493 e. The van der Waals surface area contributed by atoms with E-state index >= 15 is 0 Å². The molecule has 0 unspecified atom stereocenters. The third kappa shape index (κ3) is 5.73. The second-order valence-electron chi connectivity index (χ2n) is 6.57. The van der Waals surface area contributed by atoms with E-state index in [1.54, 1.807) is 24.1 Å². The molecule has 0 radical (unpaired) electrons. The van der Waals surface area contributed by atoms with Crippen molar-refractivity contribution in [1.29, 1.82) is 0 Å². The van der Waals surface area contributed by atoms with Crippen molar-refractivity contribution >= 4 is 33.4 Å². The molecule has 1 N–H and O–H groups in total. The fourth-order valence-electron chi connectivity index (χ4n) is 2.87. The molecule has 2 amide bonds. The molecule has 3 rings (SSSR count). The summed E-state index contributed by atoms with van der Waals surface area (Å²) in [4.78, 5) is 26.6. The minimum absolute atomic E-state index is 0.0792. The topological polar surface area (TPSA) is 67.9 Å². The van der Waals surface area contributed by atoms with Gasteiger partial charge >= 0.3 is 0 Å². The molecule has 0 atom stereocenters. The number of carbonyl (C=O) groups is 2. The molecule has 0 saturated heterocycles. The minimum atomic E-state index is -0.123. The Morgan fingerprint density at radius 1 is 1.14 bits per heavy atom. The molecule has 1 saturated carbocycles.